The molecule has 0 amide bonds. The van der Waals surface area contributed by atoms with Gasteiger partial charge in [-0.2, -0.15) is 0 Å². The standard InChI is InChI=1S/C11H9N3/c1-2-5-10(6-3-1)9-14-11-12-7-4-8-13-11/h1-9H. The summed E-state index contributed by atoms with van der Waals surface area (Å²) in [5.41, 5.74) is 1.04. The Labute approximate surface area is 82.2 Å². The van der Waals surface area contributed by atoms with Gasteiger partial charge in [-0.3, -0.25) is 0 Å². The van der Waals surface area contributed by atoms with Crippen LogP contribution in [-0.4, -0.2) is 16.2 Å². The second-order valence-electron chi connectivity index (χ2n) is 2.72. The number of aromatic nitrogens is 2. The van der Waals surface area contributed by atoms with Crippen LogP contribution in [0.15, 0.2) is 53.8 Å². The van der Waals surface area contributed by atoms with Gasteiger partial charge < -0.3 is 0 Å². The normalized spacial score (nSPS) is 10.6. The number of hydrogen-bond donors (Lipinski definition) is 0. The Bertz CT molecular complexity index is 368. The zero-order valence-electron chi connectivity index (χ0n) is 7.54. The van der Waals surface area contributed by atoms with Crippen LogP contribution in [0.5, 0.6) is 0 Å². The van der Waals surface area contributed by atoms with E-state index in [-0.39, 0.29) is 0 Å². The van der Waals surface area contributed by atoms with Crippen LogP contribution in [0.2, 0.25) is 0 Å². The van der Waals surface area contributed by atoms with Crippen molar-refractivity contribution in [3.63, 3.8) is 0 Å². The topological polar surface area (TPSA) is 38.1 Å². The Balaban J connectivity index is 2.16. The highest BCUT2D eigenvalue weighted by molar-refractivity contribution is 5.80. The van der Waals surface area contributed by atoms with Crippen LogP contribution in [0.3, 0.4) is 0 Å². The Hall–Kier alpha value is -2.03. The SMILES string of the molecule is C(=Nc1ncccn1)c1ccccc1. The van der Waals surface area contributed by atoms with Crippen molar-refractivity contribution in [3.05, 3.63) is 54.4 Å². The van der Waals surface area contributed by atoms with Gasteiger partial charge in [0.15, 0.2) is 0 Å². The van der Waals surface area contributed by atoms with Gasteiger partial charge in [-0.05, 0) is 11.6 Å². The van der Waals surface area contributed by atoms with Gasteiger partial charge in [0, 0.05) is 18.6 Å². The van der Waals surface area contributed by atoms with Crippen molar-refractivity contribution >= 4 is 12.2 Å². The molecule has 0 atom stereocenters. The maximum absolute atomic E-state index is 4.13. The third-order valence-corrected chi connectivity index (χ3v) is 1.68. The van der Waals surface area contributed by atoms with Crippen LogP contribution in [-0.2, 0) is 0 Å². The lowest BCUT2D eigenvalue weighted by Crippen LogP contribution is -1.81. The van der Waals surface area contributed by atoms with Crippen LogP contribution < -0.4 is 0 Å². The molecule has 1 aromatic heterocycles. The third kappa shape index (κ3) is 2.23. The molecule has 0 aliphatic carbocycles. The smallest absolute Gasteiger partial charge is 0.220 e. The Morgan fingerprint density at radius 2 is 1.64 bits per heavy atom. The molecule has 0 N–H and O–H groups in total. The molecule has 0 spiro atoms. The molecule has 2 aromatic rings. The molecule has 0 aliphatic rings. The quantitative estimate of drug-likeness (QED) is 0.669. The minimum absolute atomic E-state index is 0.483. The zero-order chi connectivity index (χ0) is 9.64. The average Bonchev–Trinajstić information content (AvgIpc) is 2.29. The van der Waals surface area contributed by atoms with E-state index in [2.05, 4.69) is 15.0 Å². The maximum atomic E-state index is 4.13. The van der Waals surface area contributed by atoms with Crippen molar-refractivity contribution in [2.45, 2.75) is 0 Å². The van der Waals surface area contributed by atoms with Crippen molar-refractivity contribution in [3.8, 4) is 0 Å². The molecule has 0 saturated heterocycles. The number of nitrogens with zero attached hydrogens (tertiary/aromatic N) is 3. The van der Waals surface area contributed by atoms with E-state index in [1.807, 2.05) is 30.3 Å². The van der Waals surface area contributed by atoms with Crippen molar-refractivity contribution in [2.24, 2.45) is 4.99 Å². The Kier molecular flexibility index (Phi) is 2.62. The van der Waals surface area contributed by atoms with E-state index < -0.39 is 0 Å². The highest BCUT2D eigenvalue weighted by Gasteiger charge is 1.87. The zero-order valence-corrected chi connectivity index (χ0v) is 7.54. The summed E-state index contributed by atoms with van der Waals surface area (Å²) in [5.74, 6) is 0.483. The van der Waals surface area contributed by atoms with E-state index >= 15 is 0 Å². The molecular formula is C11H9N3. The van der Waals surface area contributed by atoms with Crippen molar-refractivity contribution in [2.75, 3.05) is 0 Å². The number of hydrogen-bond acceptors (Lipinski definition) is 3. The second-order valence-corrected chi connectivity index (χ2v) is 2.72. The maximum Gasteiger partial charge on any atom is 0.249 e. The molecule has 0 bridgehead atoms. The molecule has 2 rings (SSSR count). The summed E-state index contributed by atoms with van der Waals surface area (Å²) in [5, 5.41) is 0. The van der Waals surface area contributed by atoms with Gasteiger partial charge in [0.25, 0.3) is 0 Å². The first-order valence-electron chi connectivity index (χ1n) is 4.31. The highest BCUT2D eigenvalue weighted by atomic mass is 15.0. The molecule has 0 fully saturated rings. The summed E-state index contributed by atoms with van der Waals surface area (Å²) in [6.45, 7) is 0. The monoisotopic (exact) mass is 183 g/mol. The van der Waals surface area contributed by atoms with E-state index in [4.69, 9.17) is 0 Å². The van der Waals surface area contributed by atoms with Crippen LogP contribution in [0, 0.1) is 0 Å². The van der Waals surface area contributed by atoms with Gasteiger partial charge in [-0.15, -0.1) is 0 Å². The van der Waals surface area contributed by atoms with Gasteiger partial charge in [0.05, 0.1) is 0 Å². The molecule has 0 radical (unpaired) electrons. The molecular weight excluding hydrogens is 174 g/mol. The fraction of sp³-hybridized carbons (Fsp3) is 0. The Morgan fingerprint density at radius 3 is 2.36 bits per heavy atom. The molecule has 1 heterocycles. The van der Waals surface area contributed by atoms with Gasteiger partial charge in [-0.1, -0.05) is 30.3 Å². The first-order valence-corrected chi connectivity index (χ1v) is 4.31. The molecule has 0 aliphatic heterocycles. The predicted molar refractivity (Wildman–Crippen MR) is 55.7 cm³/mol. The Morgan fingerprint density at radius 1 is 0.929 bits per heavy atom. The van der Waals surface area contributed by atoms with E-state index in [0.29, 0.717) is 5.95 Å². The van der Waals surface area contributed by atoms with Gasteiger partial charge in [0.2, 0.25) is 5.95 Å². The second kappa shape index (κ2) is 4.28. The predicted octanol–water partition coefficient (Wildman–Crippen LogP) is 2.23. The van der Waals surface area contributed by atoms with Crippen molar-refractivity contribution in [1.29, 1.82) is 0 Å². The number of rotatable bonds is 2. The molecule has 68 valence electrons. The summed E-state index contributed by atoms with van der Waals surface area (Å²) < 4.78 is 0. The van der Waals surface area contributed by atoms with Gasteiger partial charge in [0.1, 0.15) is 0 Å². The molecule has 1 aromatic carbocycles. The van der Waals surface area contributed by atoms with Crippen LogP contribution >= 0.6 is 0 Å². The molecule has 0 saturated carbocycles. The van der Waals surface area contributed by atoms with Crippen molar-refractivity contribution in [1.82, 2.24) is 9.97 Å². The summed E-state index contributed by atoms with van der Waals surface area (Å²) in [7, 11) is 0. The molecule has 0 unspecified atom stereocenters. The third-order valence-electron chi connectivity index (χ3n) is 1.68. The minimum atomic E-state index is 0.483. The van der Waals surface area contributed by atoms with Crippen LogP contribution in [0.1, 0.15) is 5.56 Å². The first-order chi connectivity index (χ1) is 6.95. The van der Waals surface area contributed by atoms with E-state index in [1.165, 1.54) is 0 Å². The van der Waals surface area contributed by atoms with Crippen LogP contribution in [0.4, 0.5) is 5.95 Å². The van der Waals surface area contributed by atoms with Gasteiger partial charge in [-0.25, -0.2) is 15.0 Å². The lowest BCUT2D eigenvalue weighted by Gasteiger charge is -1.90. The van der Waals surface area contributed by atoms with E-state index in [1.54, 1.807) is 24.7 Å². The highest BCUT2D eigenvalue weighted by Crippen LogP contribution is 2.01. The van der Waals surface area contributed by atoms with E-state index in [0.717, 1.165) is 5.56 Å². The number of aliphatic imine (C=N–C) groups is 1. The summed E-state index contributed by atoms with van der Waals surface area (Å²) in [6, 6.07) is 11.6. The fourth-order valence-electron chi connectivity index (χ4n) is 1.03. The largest absolute Gasteiger partial charge is 0.249 e. The molecule has 3 heteroatoms. The number of benzene rings is 1. The minimum Gasteiger partial charge on any atom is -0.220 e. The summed E-state index contributed by atoms with van der Waals surface area (Å²) >= 11 is 0. The summed E-state index contributed by atoms with van der Waals surface area (Å²) in [6.07, 6.45) is 5.09. The first kappa shape index (κ1) is 8.56. The van der Waals surface area contributed by atoms with Crippen molar-refractivity contribution < 1.29 is 0 Å². The lowest BCUT2D eigenvalue weighted by molar-refractivity contribution is 1.14. The molecule has 14 heavy (non-hydrogen) atoms. The van der Waals surface area contributed by atoms with Crippen LogP contribution in [0.25, 0.3) is 0 Å². The lowest BCUT2D eigenvalue weighted by atomic mass is 10.2. The fourth-order valence-corrected chi connectivity index (χ4v) is 1.03. The summed E-state index contributed by atoms with van der Waals surface area (Å²) in [4.78, 5) is 12.1. The molecule has 3 nitrogen and oxygen atoms in total. The average molecular weight is 183 g/mol. The van der Waals surface area contributed by atoms with Gasteiger partial charge >= 0.3 is 0 Å². The van der Waals surface area contributed by atoms with E-state index in [9.17, 15) is 0 Å².